The van der Waals surface area contributed by atoms with Crippen molar-refractivity contribution < 1.29 is 9.90 Å². The lowest BCUT2D eigenvalue weighted by Crippen LogP contribution is -2.04. The van der Waals surface area contributed by atoms with Crippen LogP contribution < -0.4 is 0 Å². The van der Waals surface area contributed by atoms with Crippen LogP contribution in [0.1, 0.15) is 43.2 Å². The van der Waals surface area contributed by atoms with Crippen LogP contribution in [0.15, 0.2) is 4.99 Å². The summed E-state index contributed by atoms with van der Waals surface area (Å²) in [6.07, 6.45) is 2.66. The molecule has 0 saturated heterocycles. The minimum atomic E-state index is -1.14. The molecule has 0 bridgehead atoms. The zero-order chi connectivity index (χ0) is 13.0. The molecule has 0 amide bonds. The van der Waals surface area contributed by atoms with Crippen molar-refractivity contribution in [2.24, 2.45) is 10.9 Å². The summed E-state index contributed by atoms with van der Waals surface area (Å²) >= 11 is 0. The summed E-state index contributed by atoms with van der Waals surface area (Å²) in [5, 5.41) is 22.7. The van der Waals surface area contributed by atoms with Gasteiger partial charge in [0, 0.05) is 11.9 Å². The summed E-state index contributed by atoms with van der Waals surface area (Å²) in [4.78, 5) is 15.0. The number of nitrogens with one attached hydrogen (secondary N) is 2. The fourth-order valence-electron chi connectivity index (χ4n) is 1.24. The van der Waals surface area contributed by atoms with Gasteiger partial charge in [-0.1, -0.05) is 13.8 Å². The van der Waals surface area contributed by atoms with E-state index in [-0.39, 0.29) is 22.8 Å². The Morgan fingerprint density at radius 1 is 1.71 bits per heavy atom. The monoisotopic (exact) mass is 236 g/mol. The number of carboxylic acid groups (broad SMARTS) is 1. The maximum Gasteiger partial charge on any atom is 0.354 e. The summed E-state index contributed by atoms with van der Waals surface area (Å²) in [5.41, 5.74) is 0.290. The lowest BCUT2D eigenvalue weighted by Gasteiger charge is -1.99. The number of hydrogen-bond donors (Lipinski definition) is 3. The van der Waals surface area contributed by atoms with Gasteiger partial charge in [0.05, 0.1) is 5.56 Å². The normalized spacial score (nSPS) is 12.9. The third kappa shape index (κ3) is 2.99. The number of aromatic amines is 1. The number of nitrogens with zero attached hydrogens (tertiary/aromatic N) is 2. The van der Waals surface area contributed by atoms with E-state index in [4.69, 9.17) is 10.5 Å². The maximum absolute atomic E-state index is 10.9. The molecule has 0 aliphatic heterocycles. The van der Waals surface area contributed by atoms with Crippen LogP contribution in [0.3, 0.4) is 0 Å². The average Bonchev–Trinajstić information content (AvgIpc) is 2.69. The van der Waals surface area contributed by atoms with Crippen LogP contribution in [-0.2, 0) is 0 Å². The zero-order valence-corrected chi connectivity index (χ0v) is 10.1. The first-order valence-electron chi connectivity index (χ1n) is 5.38. The van der Waals surface area contributed by atoms with Gasteiger partial charge in [-0.15, -0.1) is 0 Å². The molecule has 0 aliphatic rings. The molecule has 1 heterocycles. The predicted molar refractivity (Wildman–Crippen MR) is 65.7 cm³/mol. The molecule has 0 saturated carbocycles. The number of aliphatic imine (C=N–C) groups is 1. The van der Waals surface area contributed by atoms with Gasteiger partial charge in [0.1, 0.15) is 0 Å². The second-order valence-electron chi connectivity index (χ2n) is 3.89. The largest absolute Gasteiger partial charge is 0.477 e. The van der Waals surface area contributed by atoms with Crippen molar-refractivity contribution in [1.29, 1.82) is 5.41 Å². The van der Waals surface area contributed by atoms with Crippen molar-refractivity contribution in [2.45, 2.75) is 27.2 Å². The van der Waals surface area contributed by atoms with E-state index in [1.54, 1.807) is 6.21 Å². The van der Waals surface area contributed by atoms with E-state index >= 15 is 0 Å². The first-order chi connectivity index (χ1) is 7.97. The molecule has 1 unspecified atom stereocenters. The van der Waals surface area contributed by atoms with Crippen molar-refractivity contribution in [3.05, 3.63) is 11.3 Å². The van der Waals surface area contributed by atoms with Crippen molar-refractivity contribution >= 4 is 23.7 Å². The number of hydrogen-bond acceptors (Lipinski definition) is 4. The zero-order valence-electron chi connectivity index (χ0n) is 10.1. The van der Waals surface area contributed by atoms with Gasteiger partial charge in [-0.2, -0.15) is 5.10 Å². The number of aromatic carboxylic acids is 1. The molecule has 17 heavy (non-hydrogen) atoms. The van der Waals surface area contributed by atoms with Gasteiger partial charge in [0.2, 0.25) is 0 Å². The van der Waals surface area contributed by atoms with E-state index in [0.717, 1.165) is 6.42 Å². The van der Waals surface area contributed by atoms with Crippen molar-refractivity contribution in [3.8, 4) is 0 Å². The fourth-order valence-corrected chi connectivity index (χ4v) is 1.24. The smallest absolute Gasteiger partial charge is 0.354 e. The molecule has 3 N–H and O–H groups in total. The minimum Gasteiger partial charge on any atom is -0.477 e. The van der Waals surface area contributed by atoms with Crippen LogP contribution in [0.2, 0.25) is 0 Å². The number of aromatic nitrogens is 2. The Kier molecular flexibility index (Phi) is 4.14. The molecule has 92 valence electrons. The van der Waals surface area contributed by atoms with Gasteiger partial charge in [-0.3, -0.25) is 5.10 Å². The van der Waals surface area contributed by atoms with Gasteiger partial charge in [-0.25, -0.2) is 9.79 Å². The Morgan fingerprint density at radius 2 is 2.35 bits per heavy atom. The SMILES string of the molecule is CCC(C)C=Nc1n[nH]c(C(=O)O)c1C(C)=N. The van der Waals surface area contributed by atoms with Crippen molar-refractivity contribution in [1.82, 2.24) is 10.2 Å². The van der Waals surface area contributed by atoms with E-state index in [0.29, 0.717) is 5.92 Å². The van der Waals surface area contributed by atoms with E-state index in [2.05, 4.69) is 15.2 Å². The summed E-state index contributed by atoms with van der Waals surface area (Å²) in [7, 11) is 0. The fraction of sp³-hybridized carbons (Fsp3) is 0.455. The highest BCUT2D eigenvalue weighted by Gasteiger charge is 2.19. The molecule has 1 aromatic heterocycles. The topological polar surface area (TPSA) is 102 Å². The van der Waals surface area contributed by atoms with Crippen LogP contribution in [0.4, 0.5) is 5.82 Å². The molecule has 1 rings (SSSR count). The first kappa shape index (κ1) is 13.1. The molecule has 6 nitrogen and oxygen atoms in total. The van der Waals surface area contributed by atoms with E-state index in [9.17, 15) is 4.79 Å². The second kappa shape index (κ2) is 5.38. The van der Waals surface area contributed by atoms with E-state index < -0.39 is 5.97 Å². The lowest BCUT2D eigenvalue weighted by atomic mass is 10.1. The predicted octanol–water partition coefficient (Wildman–Crippen LogP) is 2.24. The van der Waals surface area contributed by atoms with Crippen LogP contribution in [0.25, 0.3) is 0 Å². The molecule has 0 radical (unpaired) electrons. The summed E-state index contributed by atoms with van der Waals surface area (Å²) in [5.74, 6) is -0.585. The molecule has 1 aromatic rings. The maximum atomic E-state index is 10.9. The molecule has 6 heteroatoms. The molecular weight excluding hydrogens is 220 g/mol. The molecule has 0 aliphatic carbocycles. The van der Waals surface area contributed by atoms with Crippen molar-refractivity contribution in [3.63, 3.8) is 0 Å². The Morgan fingerprint density at radius 3 is 2.82 bits per heavy atom. The average molecular weight is 236 g/mol. The van der Waals surface area contributed by atoms with Crippen molar-refractivity contribution in [2.75, 3.05) is 0 Å². The van der Waals surface area contributed by atoms with E-state index in [1.807, 2.05) is 13.8 Å². The number of rotatable bonds is 5. The number of H-pyrrole nitrogens is 1. The van der Waals surface area contributed by atoms with Gasteiger partial charge < -0.3 is 10.5 Å². The molecule has 1 atom stereocenters. The highest BCUT2D eigenvalue weighted by atomic mass is 16.4. The van der Waals surface area contributed by atoms with Gasteiger partial charge in [-0.05, 0) is 19.3 Å². The molecular formula is C11H16N4O2. The number of carboxylic acids is 1. The summed E-state index contributed by atoms with van der Waals surface area (Å²) < 4.78 is 0. The van der Waals surface area contributed by atoms with Gasteiger partial charge in [0.25, 0.3) is 0 Å². The number of carbonyl (C=O) groups is 1. The Labute approximate surface area is 99.3 Å². The molecule has 0 spiro atoms. The summed E-state index contributed by atoms with van der Waals surface area (Å²) in [6, 6.07) is 0. The molecule has 0 fully saturated rings. The lowest BCUT2D eigenvalue weighted by molar-refractivity contribution is 0.0690. The standard InChI is InChI=1S/C11H16N4O2/c1-4-6(2)5-13-10-8(7(3)12)9(11(16)17)14-15-10/h5-6,12H,4H2,1-3H3,(H,14,15)(H,16,17). The van der Waals surface area contributed by atoms with Crippen LogP contribution in [0.5, 0.6) is 0 Å². The summed E-state index contributed by atoms with van der Waals surface area (Å²) in [6.45, 7) is 5.55. The first-order valence-corrected chi connectivity index (χ1v) is 5.38. The quantitative estimate of drug-likeness (QED) is 0.683. The highest BCUT2D eigenvalue weighted by Crippen LogP contribution is 2.20. The third-order valence-corrected chi connectivity index (χ3v) is 2.43. The van der Waals surface area contributed by atoms with Gasteiger partial charge in [0.15, 0.2) is 11.5 Å². The highest BCUT2D eigenvalue weighted by molar-refractivity contribution is 6.08. The Balaban J connectivity index is 3.13. The molecule has 0 aromatic carbocycles. The van der Waals surface area contributed by atoms with Crippen LogP contribution >= 0.6 is 0 Å². The van der Waals surface area contributed by atoms with E-state index in [1.165, 1.54) is 6.92 Å². The van der Waals surface area contributed by atoms with Crippen LogP contribution in [0, 0.1) is 11.3 Å². The van der Waals surface area contributed by atoms with Crippen LogP contribution in [-0.4, -0.2) is 33.2 Å². The minimum absolute atomic E-state index is 0.0891. The Hall–Kier alpha value is -1.98. The Bertz CT molecular complexity index is 462. The second-order valence-corrected chi connectivity index (χ2v) is 3.89. The third-order valence-electron chi connectivity index (χ3n) is 2.43. The van der Waals surface area contributed by atoms with Gasteiger partial charge >= 0.3 is 5.97 Å².